The van der Waals surface area contributed by atoms with Crippen LogP contribution in [0.25, 0.3) is 0 Å². The van der Waals surface area contributed by atoms with Gasteiger partial charge < -0.3 is 4.90 Å². The minimum Gasteiger partial charge on any atom is -0.314 e. The third kappa shape index (κ3) is 1.99. The predicted octanol–water partition coefficient (Wildman–Crippen LogP) is -0.0484. The van der Waals surface area contributed by atoms with E-state index in [0.717, 1.165) is 0 Å². The molecule has 3 amide bonds. The first-order chi connectivity index (χ1) is 5.74. The molecule has 0 aliphatic carbocycles. The Hall–Kier alpha value is -1.50. The van der Waals surface area contributed by atoms with Crippen LogP contribution in [-0.4, -0.2) is 29.9 Å². The van der Waals surface area contributed by atoms with Gasteiger partial charge in [-0.2, -0.15) is 0 Å². The van der Waals surface area contributed by atoms with E-state index in [4.69, 9.17) is 0 Å². The Morgan fingerprint density at radius 2 is 2.33 bits per heavy atom. The van der Waals surface area contributed by atoms with E-state index in [0.29, 0.717) is 13.0 Å². The number of imide groups is 1. The number of urea groups is 1. The van der Waals surface area contributed by atoms with Gasteiger partial charge in [0.15, 0.2) is 0 Å². The van der Waals surface area contributed by atoms with Crippen molar-refractivity contribution in [3.63, 3.8) is 0 Å². The van der Waals surface area contributed by atoms with Gasteiger partial charge in [-0.25, -0.2) is 4.79 Å². The van der Waals surface area contributed by atoms with E-state index in [1.165, 1.54) is 4.90 Å². The minimum atomic E-state index is -0.307. The second kappa shape index (κ2) is 3.77. The van der Waals surface area contributed by atoms with Crippen molar-refractivity contribution in [2.24, 2.45) is 0 Å². The maximum Gasteiger partial charge on any atom is 0.324 e. The van der Waals surface area contributed by atoms with Gasteiger partial charge in [-0.15, -0.1) is 11.8 Å². The van der Waals surface area contributed by atoms with Crippen molar-refractivity contribution in [2.75, 3.05) is 13.1 Å². The molecule has 0 saturated carbocycles. The van der Waals surface area contributed by atoms with Crippen LogP contribution in [0, 0.1) is 11.8 Å². The first-order valence-electron chi connectivity index (χ1n) is 3.72. The average Bonchev–Trinajstić information content (AvgIpc) is 2.31. The summed E-state index contributed by atoms with van der Waals surface area (Å²) in [4.78, 5) is 23.1. The van der Waals surface area contributed by atoms with E-state index in [-0.39, 0.29) is 18.5 Å². The number of nitrogens with zero attached hydrogens (tertiary/aromatic N) is 1. The highest BCUT2D eigenvalue weighted by Gasteiger charge is 2.25. The van der Waals surface area contributed by atoms with E-state index in [1.54, 1.807) is 6.92 Å². The van der Waals surface area contributed by atoms with Gasteiger partial charge in [0.1, 0.15) is 6.54 Å². The fourth-order valence-corrected chi connectivity index (χ4v) is 0.979. The van der Waals surface area contributed by atoms with Crippen molar-refractivity contribution in [2.45, 2.75) is 13.3 Å². The van der Waals surface area contributed by atoms with Gasteiger partial charge >= 0.3 is 6.03 Å². The molecule has 1 N–H and O–H groups in total. The van der Waals surface area contributed by atoms with Crippen molar-refractivity contribution < 1.29 is 9.59 Å². The topological polar surface area (TPSA) is 49.4 Å². The summed E-state index contributed by atoms with van der Waals surface area (Å²) in [6, 6.07) is -0.307. The zero-order valence-electron chi connectivity index (χ0n) is 6.89. The van der Waals surface area contributed by atoms with Crippen LogP contribution in [0.3, 0.4) is 0 Å². The maximum atomic E-state index is 10.9. The standard InChI is InChI=1S/C8H10N2O2/c1-2-3-4-5-10-6-7(11)9-8(10)12/h4-6H2,1H3,(H,9,11,12). The van der Waals surface area contributed by atoms with Gasteiger partial charge in [0, 0.05) is 13.0 Å². The molecule has 1 heterocycles. The number of carbonyl (C=O) groups is 2. The number of hydrogen-bond acceptors (Lipinski definition) is 2. The highest BCUT2D eigenvalue weighted by atomic mass is 16.2. The molecule has 0 atom stereocenters. The van der Waals surface area contributed by atoms with Crippen LogP contribution in [0.1, 0.15) is 13.3 Å². The molecule has 1 aliphatic heterocycles. The molecule has 4 nitrogen and oxygen atoms in total. The number of amides is 3. The third-order valence-corrected chi connectivity index (χ3v) is 1.55. The van der Waals surface area contributed by atoms with Gasteiger partial charge in [-0.1, -0.05) is 0 Å². The van der Waals surface area contributed by atoms with Gasteiger partial charge in [-0.3, -0.25) is 10.1 Å². The lowest BCUT2D eigenvalue weighted by molar-refractivity contribution is -0.118. The van der Waals surface area contributed by atoms with Crippen LogP contribution in [0.4, 0.5) is 4.79 Å². The van der Waals surface area contributed by atoms with Crippen molar-refractivity contribution >= 4 is 11.9 Å². The highest BCUT2D eigenvalue weighted by Crippen LogP contribution is 1.98. The Labute approximate surface area is 70.9 Å². The smallest absolute Gasteiger partial charge is 0.314 e. The third-order valence-electron chi connectivity index (χ3n) is 1.55. The average molecular weight is 166 g/mol. The molecule has 0 radical (unpaired) electrons. The molecule has 1 rings (SSSR count). The first kappa shape index (κ1) is 8.60. The fourth-order valence-electron chi connectivity index (χ4n) is 0.979. The molecule has 1 fully saturated rings. The maximum absolute atomic E-state index is 10.9. The lowest BCUT2D eigenvalue weighted by atomic mass is 10.4. The van der Waals surface area contributed by atoms with Crippen molar-refractivity contribution in [3.8, 4) is 11.8 Å². The van der Waals surface area contributed by atoms with E-state index in [1.807, 2.05) is 0 Å². The fraction of sp³-hybridized carbons (Fsp3) is 0.500. The summed E-state index contributed by atoms with van der Waals surface area (Å²) >= 11 is 0. The molecule has 0 spiro atoms. The number of hydrogen-bond donors (Lipinski definition) is 1. The Balaban J connectivity index is 2.36. The number of carbonyl (C=O) groups excluding carboxylic acids is 2. The van der Waals surface area contributed by atoms with Crippen molar-refractivity contribution in [1.29, 1.82) is 0 Å². The molecule has 0 aromatic rings. The Morgan fingerprint density at radius 3 is 2.83 bits per heavy atom. The lowest BCUT2D eigenvalue weighted by Crippen LogP contribution is -2.28. The molecule has 4 heteroatoms. The molecule has 64 valence electrons. The molecule has 0 bridgehead atoms. The van der Waals surface area contributed by atoms with Crippen molar-refractivity contribution in [3.05, 3.63) is 0 Å². The van der Waals surface area contributed by atoms with E-state index < -0.39 is 0 Å². The second-order valence-corrected chi connectivity index (χ2v) is 2.45. The SMILES string of the molecule is CC#CCCN1CC(=O)NC1=O. The number of rotatable bonds is 2. The normalized spacial score (nSPS) is 15.6. The Kier molecular flexibility index (Phi) is 2.70. The van der Waals surface area contributed by atoms with E-state index >= 15 is 0 Å². The van der Waals surface area contributed by atoms with E-state index in [2.05, 4.69) is 17.2 Å². The van der Waals surface area contributed by atoms with Gasteiger partial charge in [0.2, 0.25) is 5.91 Å². The molecule has 1 aliphatic rings. The first-order valence-corrected chi connectivity index (χ1v) is 3.72. The summed E-state index contributed by atoms with van der Waals surface area (Å²) in [6.45, 7) is 2.44. The molecular weight excluding hydrogens is 156 g/mol. The van der Waals surface area contributed by atoms with Crippen LogP contribution >= 0.6 is 0 Å². The predicted molar refractivity (Wildman–Crippen MR) is 43.2 cm³/mol. The quantitative estimate of drug-likeness (QED) is 0.462. The van der Waals surface area contributed by atoms with Gasteiger partial charge in [0.25, 0.3) is 0 Å². The largest absolute Gasteiger partial charge is 0.324 e. The summed E-state index contributed by atoms with van der Waals surface area (Å²) in [5.74, 6) is 5.32. The van der Waals surface area contributed by atoms with Crippen LogP contribution in [0.5, 0.6) is 0 Å². The van der Waals surface area contributed by atoms with Crippen LogP contribution < -0.4 is 5.32 Å². The Bertz CT molecular complexity index is 262. The summed E-state index contributed by atoms with van der Waals surface area (Å²) in [5.41, 5.74) is 0. The van der Waals surface area contributed by atoms with Crippen molar-refractivity contribution in [1.82, 2.24) is 10.2 Å². The molecule has 0 unspecified atom stereocenters. The van der Waals surface area contributed by atoms with E-state index in [9.17, 15) is 9.59 Å². The Morgan fingerprint density at radius 1 is 1.58 bits per heavy atom. The summed E-state index contributed by atoms with van der Waals surface area (Å²) in [5, 5.41) is 2.19. The van der Waals surface area contributed by atoms with Crippen LogP contribution in [0.2, 0.25) is 0 Å². The van der Waals surface area contributed by atoms with Crippen LogP contribution in [0.15, 0.2) is 0 Å². The molecule has 0 aromatic heterocycles. The molecule has 0 aromatic carbocycles. The molecule has 1 saturated heterocycles. The van der Waals surface area contributed by atoms with Gasteiger partial charge in [-0.05, 0) is 6.92 Å². The lowest BCUT2D eigenvalue weighted by Gasteiger charge is -2.09. The zero-order chi connectivity index (χ0) is 8.97. The van der Waals surface area contributed by atoms with Gasteiger partial charge in [0.05, 0.1) is 0 Å². The van der Waals surface area contributed by atoms with Crippen LogP contribution in [-0.2, 0) is 4.79 Å². The molecule has 12 heavy (non-hydrogen) atoms. The monoisotopic (exact) mass is 166 g/mol. The molecular formula is C8H10N2O2. The minimum absolute atomic E-state index is 0.171. The summed E-state index contributed by atoms with van der Waals surface area (Å²) in [7, 11) is 0. The summed E-state index contributed by atoms with van der Waals surface area (Å²) < 4.78 is 0. The highest BCUT2D eigenvalue weighted by molar-refractivity contribution is 6.01. The summed E-state index contributed by atoms with van der Waals surface area (Å²) in [6.07, 6.45) is 0.622. The second-order valence-electron chi connectivity index (χ2n) is 2.45. The number of nitrogens with one attached hydrogen (secondary N) is 1. The zero-order valence-corrected chi connectivity index (χ0v) is 6.89.